The van der Waals surface area contributed by atoms with Crippen LogP contribution in [-0.2, 0) is 0 Å². The van der Waals surface area contributed by atoms with Crippen molar-refractivity contribution in [3.05, 3.63) is 83.7 Å². The van der Waals surface area contributed by atoms with Crippen LogP contribution < -0.4 is 14.9 Å². The zero-order chi connectivity index (χ0) is 20.6. The van der Waals surface area contributed by atoms with Crippen molar-refractivity contribution in [3.63, 3.8) is 0 Å². The van der Waals surface area contributed by atoms with E-state index in [-0.39, 0.29) is 11.5 Å². The fraction of sp³-hybridized carbons (Fsp3) is 0.0476. The number of hydrogen-bond acceptors (Lipinski definition) is 7. The Kier molecular flexibility index (Phi) is 6.16. The number of aromatic hydroxyl groups is 1. The largest absolute Gasteiger partial charge is 0.508 e. The van der Waals surface area contributed by atoms with Crippen molar-refractivity contribution in [1.29, 1.82) is 0 Å². The molecule has 1 aromatic heterocycles. The minimum atomic E-state index is -0.534. The minimum absolute atomic E-state index is 0.0712. The lowest BCUT2D eigenvalue weighted by Crippen LogP contribution is -2.17. The summed E-state index contributed by atoms with van der Waals surface area (Å²) in [5.74, 6) is -0.299. The van der Waals surface area contributed by atoms with Crippen LogP contribution in [0.2, 0.25) is 0 Å². The summed E-state index contributed by atoms with van der Waals surface area (Å²) >= 11 is 0. The van der Waals surface area contributed by atoms with Crippen LogP contribution in [0, 0.1) is 0 Å². The fourth-order valence-electron chi connectivity index (χ4n) is 2.34. The molecular formula is C21H17N3O5. The molecule has 1 heterocycles. The van der Waals surface area contributed by atoms with Gasteiger partial charge in [0.2, 0.25) is 0 Å². The first kappa shape index (κ1) is 19.6. The Hall–Kier alpha value is -4.20. The highest BCUT2D eigenvalue weighted by Crippen LogP contribution is 2.28. The summed E-state index contributed by atoms with van der Waals surface area (Å²) in [4.78, 5) is 28.0. The molecule has 0 atom stereocenters. The molecule has 3 aromatic rings. The van der Waals surface area contributed by atoms with Gasteiger partial charge in [-0.05, 0) is 60.2 Å². The van der Waals surface area contributed by atoms with Crippen molar-refractivity contribution in [2.75, 3.05) is 7.11 Å². The van der Waals surface area contributed by atoms with Crippen LogP contribution in [0.4, 0.5) is 0 Å². The summed E-state index contributed by atoms with van der Waals surface area (Å²) in [6.45, 7) is 0. The van der Waals surface area contributed by atoms with Crippen molar-refractivity contribution in [2.45, 2.75) is 0 Å². The quantitative estimate of drug-likeness (QED) is 0.289. The Bertz CT molecular complexity index is 1030. The second-order valence-corrected chi connectivity index (χ2v) is 5.78. The van der Waals surface area contributed by atoms with Crippen LogP contribution in [-0.4, -0.2) is 35.3 Å². The van der Waals surface area contributed by atoms with E-state index in [9.17, 15) is 14.7 Å². The number of carbonyl (C=O) groups is 2. The number of nitrogens with zero attached hydrogens (tertiary/aromatic N) is 2. The molecule has 0 fully saturated rings. The number of ether oxygens (including phenoxy) is 2. The number of methoxy groups -OCH3 is 1. The summed E-state index contributed by atoms with van der Waals surface area (Å²) < 4.78 is 10.6. The van der Waals surface area contributed by atoms with Gasteiger partial charge in [-0.1, -0.05) is 0 Å². The molecule has 0 aliphatic carbocycles. The number of rotatable bonds is 6. The van der Waals surface area contributed by atoms with Crippen molar-refractivity contribution in [3.8, 4) is 17.2 Å². The first-order valence-corrected chi connectivity index (χ1v) is 8.49. The molecule has 2 N–H and O–H groups in total. The van der Waals surface area contributed by atoms with Gasteiger partial charge in [0.05, 0.1) is 18.9 Å². The van der Waals surface area contributed by atoms with Gasteiger partial charge in [0, 0.05) is 18.0 Å². The average Bonchev–Trinajstić information content (AvgIpc) is 2.75. The van der Waals surface area contributed by atoms with E-state index < -0.39 is 11.9 Å². The van der Waals surface area contributed by atoms with Gasteiger partial charge in [-0.3, -0.25) is 9.78 Å². The van der Waals surface area contributed by atoms with E-state index in [0.29, 0.717) is 22.4 Å². The van der Waals surface area contributed by atoms with Gasteiger partial charge in [-0.2, -0.15) is 5.10 Å². The number of nitrogens with one attached hydrogen (secondary N) is 1. The predicted molar refractivity (Wildman–Crippen MR) is 105 cm³/mol. The standard InChI is InChI=1S/C21H17N3O5/c1-28-19-12-14(13-23-24-20(26)15-3-5-17(25)6-4-15)2-7-18(19)29-21(27)16-8-10-22-11-9-16/h2-13,25H,1H3,(H,24,26)/b23-13-. The number of benzene rings is 2. The number of amides is 1. The first-order chi connectivity index (χ1) is 14.1. The molecule has 0 saturated carbocycles. The van der Waals surface area contributed by atoms with Gasteiger partial charge < -0.3 is 14.6 Å². The summed E-state index contributed by atoms with van der Waals surface area (Å²) in [7, 11) is 1.45. The molecule has 8 heteroatoms. The van der Waals surface area contributed by atoms with E-state index in [0.717, 1.165) is 0 Å². The van der Waals surface area contributed by atoms with Gasteiger partial charge in [0.1, 0.15) is 5.75 Å². The van der Waals surface area contributed by atoms with Crippen molar-refractivity contribution < 1.29 is 24.2 Å². The molecule has 0 unspecified atom stereocenters. The molecule has 1 amide bonds. The van der Waals surface area contributed by atoms with E-state index in [2.05, 4.69) is 15.5 Å². The van der Waals surface area contributed by atoms with E-state index in [1.807, 2.05) is 0 Å². The molecule has 3 rings (SSSR count). The molecule has 0 radical (unpaired) electrons. The lowest BCUT2D eigenvalue weighted by atomic mass is 10.2. The monoisotopic (exact) mass is 391 g/mol. The maximum absolute atomic E-state index is 12.2. The highest BCUT2D eigenvalue weighted by Gasteiger charge is 2.12. The number of hydrogen-bond donors (Lipinski definition) is 2. The molecule has 0 aliphatic heterocycles. The smallest absolute Gasteiger partial charge is 0.343 e. The van der Waals surface area contributed by atoms with Crippen molar-refractivity contribution in [2.24, 2.45) is 5.10 Å². The Morgan fingerprint density at radius 1 is 1.00 bits per heavy atom. The van der Waals surface area contributed by atoms with Crippen LogP contribution in [0.15, 0.2) is 72.1 Å². The second-order valence-electron chi connectivity index (χ2n) is 5.78. The van der Waals surface area contributed by atoms with E-state index in [1.54, 1.807) is 30.3 Å². The first-order valence-electron chi connectivity index (χ1n) is 8.49. The Balaban J connectivity index is 1.66. The number of pyridine rings is 1. The molecule has 0 aliphatic rings. The number of esters is 1. The average molecular weight is 391 g/mol. The van der Waals surface area contributed by atoms with Crippen LogP contribution in [0.1, 0.15) is 26.3 Å². The molecular weight excluding hydrogens is 374 g/mol. The highest BCUT2D eigenvalue weighted by atomic mass is 16.6. The third kappa shape index (κ3) is 5.16. The zero-order valence-electron chi connectivity index (χ0n) is 15.4. The van der Waals surface area contributed by atoms with Crippen LogP contribution in [0.25, 0.3) is 0 Å². The number of phenols is 1. The normalized spacial score (nSPS) is 10.5. The van der Waals surface area contributed by atoms with Gasteiger partial charge in [-0.15, -0.1) is 0 Å². The molecule has 2 aromatic carbocycles. The Labute approximate surface area is 166 Å². The molecule has 146 valence electrons. The third-order valence-electron chi connectivity index (χ3n) is 3.82. The Morgan fingerprint density at radius 3 is 2.41 bits per heavy atom. The van der Waals surface area contributed by atoms with Gasteiger partial charge in [0.15, 0.2) is 11.5 Å². The van der Waals surface area contributed by atoms with E-state index in [1.165, 1.54) is 50.0 Å². The van der Waals surface area contributed by atoms with Crippen LogP contribution in [0.5, 0.6) is 17.2 Å². The van der Waals surface area contributed by atoms with Crippen LogP contribution >= 0.6 is 0 Å². The molecule has 8 nitrogen and oxygen atoms in total. The zero-order valence-corrected chi connectivity index (χ0v) is 15.4. The maximum Gasteiger partial charge on any atom is 0.343 e. The predicted octanol–water partition coefficient (Wildman–Crippen LogP) is 2.78. The van der Waals surface area contributed by atoms with Crippen molar-refractivity contribution >= 4 is 18.1 Å². The Morgan fingerprint density at radius 2 is 1.72 bits per heavy atom. The summed E-state index contributed by atoms with van der Waals surface area (Å²) in [5, 5.41) is 13.1. The number of carbonyl (C=O) groups excluding carboxylic acids is 2. The summed E-state index contributed by atoms with van der Waals surface area (Å²) in [5.41, 5.74) is 3.73. The minimum Gasteiger partial charge on any atom is -0.508 e. The topological polar surface area (TPSA) is 110 Å². The summed E-state index contributed by atoms with van der Waals surface area (Å²) in [6, 6.07) is 13.7. The molecule has 0 saturated heterocycles. The number of phenolic OH excluding ortho intramolecular Hbond substituents is 1. The number of aromatic nitrogens is 1. The van der Waals surface area contributed by atoms with E-state index >= 15 is 0 Å². The molecule has 0 bridgehead atoms. The lowest BCUT2D eigenvalue weighted by molar-refractivity contribution is 0.0729. The van der Waals surface area contributed by atoms with Gasteiger partial charge >= 0.3 is 5.97 Å². The third-order valence-corrected chi connectivity index (χ3v) is 3.82. The fourth-order valence-corrected chi connectivity index (χ4v) is 2.34. The summed E-state index contributed by atoms with van der Waals surface area (Å²) in [6.07, 6.45) is 4.43. The SMILES string of the molecule is COc1cc(/C=N\NC(=O)c2ccc(O)cc2)ccc1OC(=O)c1ccncc1. The second kappa shape index (κ2) is 9.14. The van der Waals surface area contributed by atoms with Gasteiger partial charge in [-0.25, -0.2) is 10.2 Å². The maximum atomic E-state index is 12.2. The lowest BCUT2D eigenvalue weighted by Gasteiger charge is -2.09. The van der Waals surface area contributed by atoms with E-state index in [4.69, 9.17) is 9.47 Å². The number of hydrazone groups is 1. The van der Waals surface area contributed by atoms with Crippen molar-refractivity contribution in [1.82, 2.24) is 10.4 Å². The van der Waals surface area contributed by atoms with Crippen LogP contribution in [0.3, 0.4) is 0 Å². The highest BCUT2D eigenvalue weighted by molar-refractivity contribution is 5.95. The molecule has 29 heavy (non-hydrogen) atoms. The van der Waals surface area contributed by atoms with Gasteiger partial charge in [0.25, 0.3) is 5.91 Å². The molecule has 0 spiro atoms.